The third-order valence-electron chi connectivity index (χ3n) is 8.10. The maximum atomic E-state index is 9.95. The molecule has 0 saturated heterocycles. The highest BCUT2D eigenvalue weighted by atomic mass is 15.1. The summed E-state index contributed by atoms with van der Waals surface area (Å²) >= 11 is 0. The SMILES string of the molecule is Cc1nc(C)nc(-c2ccc(C#N)cc2-n2c3ccccc3c3ccc(-c4nc(-c5ccccc5)nc(-c5ccccc5)n4)cc32)n1. The van der Waals surface area contributed by atoms with Crippen LogP contribution in [-0.2, 0) is 0 Å². The molecule has 5 aromatic carbocycles. The van der Waals surface area contributed by atoms with E-state index in [1.807, 2.05) is 98.8 Å². The molecule has 0 saturated carbocycles. The molecule has 3 aromatic heterocycles. The van der Waals surface area contributed by atoms with E-state index in [0.29, 0.717) is 40.5 Å². The number of hydrogen-bond acceptors (Lipinski definition) is 7. The summed E-state index contributed by atoms with van der Waals surface area (Å²) in [7, 11) is 0. The van der Waals surface area contributed by atoms with Gasteiger partial charge >= 0.3 is 0 Å². The molecule has 0 N–H and O–H groups in total. The number of aryl methyl sites for hydroxylation is 2. The maximum absolute atomic E-state index is 9.95. The fourth-order valence-corrected chi connectivity index (χ4v) is 6.02. The van der Waals surface area contributed by atoms with Gasteiger partial charge in [-0.15, -0.1) is 0 Å². The molecule has 0 unspecified atom stereocenters. The first-order valence-corrected chi connectivity index (χ1v) is 15.2. The molecule has 3 heterocycles. The number of rotatable bonds is 5. The van der Waals surface area contributed by atoms with Crippen LogP contribution < -0.4 is 0 Å². The van der Waals surface area contributed by atoms with Crippen LogP contribution in [0, 0.1) is 25.2 Å². The van der Waals surface area contributed by atoms with Gasteiger partial charge in [-0.3, -0.25) is 0 Å². The molecular weight excluding hydrogens is 580 g/mol. The minimum absolute atomic E-state index is 0.533. The Hall–Kier alpha value is -6.59. The van der Waals surface area contributed by atoms with Gasteiger partial charge in [0.25, 0.3) is 0 Å². The van der Waals surface area contributed by atoms with Gasteiger partial charge < -0.3 is 4.57 Å². The van der Waals surface area contributed by atoms with E-state index in [9.17, 15) is 5.26 Å². The number of benzene rings is 5. The lowest BCUT2D eigenvalue weighted by molar-refractivity contribution is 0.926. The van der Waals surface area contributed by atoms with Gasteiger partial charge in [0.1, 0.15) is 11.6 Å². The zero-order chi connectivity index (χ0) is 31.9. The molecule has 8 nitrogen and oxygen atoms in total. The van der Waals surface area contributed by atoms with Gasteiger partial charge in [0.05, 0.1) is 28.4 Å². The Balaban J connectivity index is 1.41. The number of nitrogens with zero attached hydrogens (tertiary/aromatic N) is 8. The van der Waals surface area contributed by atoms with Crippen LogP contribution in [-0.4, -0.2) is 34.5 Å². The van der Waals surface area contributed by atoms with E-state index in [4.69, 9.17) is 15.0 Å². The van der Waals surface area contributed by atoms with E-state index in [1.54, 1.807) is 6.07 Å². The summed E-state index contributed by atoms with van der Waals surface area (Å²) in [6, 6.07) is 42.4. The van der Waals surface area contributed by atoms with Crippen LogP contribution in [0.4, 0.5) is 0 Å². The smallest absolute Gasteiger partial charge is 0.165 e. The van der Waals surface area contributed by atoms with Crippen LogP contribution in [0.1, 0.15) is 17.2 Å². The molecular formula is C39H26N8. The molecule has 0 aliphatic rings. The number of para-hydroxylation sites is 1. The fourth-order valence-electron chi connectivity index (χ4n) is 6.02. The highest BCUT2D eigenvalue weighted by Crippen LogP contribution is 2.37. The van der Waals surface area contributed by atoms with Crippen molar-refractivity contribution in [3.8, 4) is 57.3 Å². The molecule has 0 aliphatic heterocycles. The van der Waals surface area contributed by atoms with Crippen molar-refractivity contribution in [2.75, 3.05) is 0 Å². The van der Waals surface area contributed by atoms with Crippen molar-refractivity contribution >= 4 is 21.8 Å². The molecule has 0 atom stereocenters. The lowest BCUT2D eigenvalue weighted by atomic mass is 10.1. The van der Waals surface area contributed by atoms with Crippen LogP contribution in [0.3, 0.4) is 0 Å². The summed E-state index contributed by atoms with van der Waals surface area (Å²) in [6.07, 6.45) is 0. The van der Waals surface area contributed by atoms with Gasteiger partial charge in [0.2, 0.25) is 0 Å². The predicted octanol–water partition coefficient (Wildman–Crippen LogP) is 8.31. The van der Waals surface area contributed by atoms with Crippen molar-refractivity contribution in [1.29, 1.82) is 5.26 Å². The van der Waals surface area contributed by atoms with Crippen LogP contribution in [0.25, 0.3) is 73.0 Å². The summed E-state index contributed by atoms with van der Waals surface area (Å²) in [5.41, 5.74) is 6.70. The summed E-state index contributed by atoms with van der Waals surface area (Å²) in [6.45, 7) is 3.71. The van der Waals surface area contributed by atoms with Gasteiger partial charge in [-0.2, -0.15) is 5.26 Å². The summed E-state index contributed by atoms with van der Waals surface area (Å²) in [5.74, 6) is 3.57. The van der Waals surface area contributed by atoms with E-state index >= 15 is 0 Å². The molecule has 0 fully saturated rings. The van der Waals surface area contributed by atoms with Crippen molar-refractivity contribution in [2.24, 2.45) is 0 Å². The lowest BCUT2D eigenvalue weighted by Gasteiger charge is -2.14. The predicted molar refractivity (Wildman–Crippen MR) is 183 cm³/mol. The third-order valence-corrected chi connectivity index (χ3v) is 8.10. The number of nitriles is 1. The summed E-state index contributed by atoms with van der Waals surface area (Å²) < 4.78 is 2.18. The molecule has 0 aliphatic carbocycles. The molecule has 8 rings (SSSR count). The second-order valence-corrected chi connectivity index (χ2v) is 11.2. The average molecular weight is 607 g/mol. The first-order valence-electron chi connectivity index (χ1n) is 15.2. The first kappa shape index (κ1) is 27.9. The van der Waals surface area contributed by atoms with Crippen LogP contribution in [0.15, 0.2) is 121 Å². The Labute approximate surface area is 270 Å². The highest BCUT2D eigenvalue weighted by Gasteiger charge is 2.20. The van der Waals surface area contributed by atoms with E-state index in [1.165, 1.54) is 0 Å². The minimum atomic E-state index is 0.533. The third kappa shape index (κ3) is 5.06. The summed E-state index contributed by atoms with van der Waals surface area (Å²) in [4.78, 5) is 28.6. The Bertz CT molecular complexity index is 2420. The second-order valence-electron chi connectivity index (χ2n) is 11.2. The Morgan fingerprint density at radius 2 is 1.06 bits per heavy atom. The maximum Gasteiger partial charge on any atom is 0.165 e. The van der Waals surface area contributed by atoms with Crippen LogP contribution in [0.2, 0.25) is 0 Å². The van der Waals surface area contributed by atoms with E-state index in [2.05, 4.69) is 55.9 Å². The Morgan fingerprint density at radius 1 is 0.489 bits per heavy atom. The second kappa shape index (κ2) is 11.4. The Morgan fingerprint density at radius 3 is 1.70 bits per heavy atom. The fraction of sp³-hybridized carbons (Fsp3) is 0.0513. The Kier molecular flexibility index (Phi) is 6.77. The van der Waals surface area contributed by atoms with Gasteiger partial charge in [-0.1, -0.05) is 91.0 Å². The van der Waals surface area contributed by atoms with E-state index in [0.717, 1.165) is 49.7 Å². The van der Waals surface area contributed by atoms with Gasteiger partial charge in [0, 0.05) is 33.0 Å². The lowest BCUT2D eigenvalue weighted by Crippen LogP contribution is -2.04. The zero-order valence-corrected chi connectivity index (χ0v) is 25.6. The first-order chi connectivity index (χ1) is 23.1. The van der Waals surface area contributed by atoms with Gasteiger partial charge in [0.15, 0.2) is 23.3 Å². The molecule has 0 amide bonds. The molecule has 47 heavy (non-hydrogen) atoms. The van der Waals surface area contributed by atoms with Crippen molar-refractivity contribution in [2.45, 2.75) is 13.8 Å². The topological polar surface area (TPSA) is 106 Å². The summed E-state index contributed by atoms with van der Waals surface area (Å²) in [5, 5.41) is 12.1. The monoisotopic (exact) mass is 606 g/mol. The molecule has 0 spiro atoms. The van der Waals surface area contributed by atoms with Gasteiger partial charge in [-0.05, 0) is 44.2 Å². The minimum Gasteiger partial charge on any atom is -0.308 e. The van der Waals surface area contributed by atoms with Crippen LogP contribution in [0.5, 0.6) is 0 Å². The normalized spacial score (nSPS) is 11.2. The largest absolute Gasteiger partial charge is 0.308 e. The number of aromatic nitrogens is 7. The number of fused-ring (bicyclic) bond motifs is 3. The number of hydrogen-bond donors (Lipinski definition) is 0. The van der Waals surface area contributed by atoms with Crippen molar-refractivity contribution < 1.29 is 0 Å². The molecule has 222 valence electrons. The molecule has 8 heteroatoms. The quantitative estimate of drug-likeness (QED) is 0.194. The van der Waals surface area contributed by atoms with Gasteiger partial charge in [-0.25, -0.2) is 29.9 Å². The molecule has 0 bridgehead atoms. The van der Waals surface area contributed by atoms with E-state index in [-0.39, 0.29) is 0 Å². The zero-order valence-electron chi connectivity index (χ0n) is 25.6. The molecule has 0 radical (unpaired) electrons. The van der Waals surface area contributed by atoms with Crippen molar-refractivity contribution in [3.05, 3.63) is 139 Å². The van der Waals surface area contributed by atoms with Crippen molar-refractivity contribution in [1.82, 2.24) is 34.5 Å². The molecule has 8 aromatic rings. The highest BCUT2D eigenvalue weighted by molar-refractivity contribution is 6.10. The standard InChI is InChI=1S/C39H26N8/c1-24-41-25(2)43-39(42-24)32-19-17-26(23-40)21-34(32)47-33-16-10-9-15-30(33)31-20-18-29(22-35(31)47)38-45-36(27-11-5-3-6-12-27)44-37(46-38)28-13-7-4-8-14-28/h3-22H,1-2H3. The van der Waals surface area contributed by atoms with Crippen LogP contribution >= 0.6 is 0 Å². The van der Waals surface area contributed by atoms with Crippen molar-refractivity contribution in [3.63, 3.8) is 0 Å². The average Bonchev–Trinajstić information content (AvgIpc) is 3.45. The van der Waals surface area contributed by atoms with E-state index < -0.39 is 0 Å².